The monoisotopic (exact) mass is 428 g/mol. The van der Waals surface area contributed by atoms with Gasteiger partial charge in [-0.15, -0.1) is 0 Å². The second-order valence-corrected chi connectivity index (χ2v) is 10.9. The van der Waals surface area contributed by atoms with Crippen molar-refractivity contribution in [3.63, 3.8) is 0 Å². The number of nitrogens with zero attached hydrogens (tertiary/aromatic N) is 1. The number of piperidine rings is 1. The van der Waals surface area contributed by atoms with E-state index in [0.717, 1.165) is 17.5 Å². The van der Waals surface area contributed by atoms with Crippen LogP contribution in [0, 0.1) is 12.8 Å². The van der Waals surface area contributed by atoms with Gasteiger partial charge in [0.2, 0.25) is 15.9 Å². The van der Waals surface area contributed by atoms with Crippen molar-refractivity contribution in [3.8, 4) is 0 Å². The Labute approximate surface area is 180 Å². The lowest BCUT2D eigenvalue weighted by molar-refractivity contribution is -0.127. The summed E-state index contributed by atoms with van der Waals surface area (Å²) in [6.07, 6.45) is 1.87. The van der Waals surface area contributed by atoms with E-state index < -0.39 is 10.0 Å². The normalized spacial score (nSPS) is 16.4. The van der Waals surface area contributed by atoms with E-state index in [1.165, 1.54) is 9.87 Å². The second kappa shape index (κ2) is 9.31. The summed E-state index contributed by atoms with van der Waals surface area (Å²) in [6.45, 7) is 6.82. The van der Waals surface area contributed by atoms with Crippen LogP contribution in [0.15, 0.2) is 54.6 Å². The summed E-state index contributed by atoms with van der Waals surface area (Å²) in [7, 11) is -3.37. The SMILES string of the molecule is Cc1ccc(CS(=O)(=O)N2CCC(C(=O)NC(C)(C)Cc3ccccc3)CC2)cc1. The van der Waals surface area contributed by atoms with Gasteiger partial charge in [0.05, 0.1) is 5.75 Å². The number of nitrogens with one attached hydrogen (secondary N) is 1. The van der Waals surface area contributed by atoms with Crippen molar-refractivity contribution in [1.29, 1.82) is 0 Å². The molecule has 0 aliphatic carbocycles. The zero-order valence-corrected chi connectivity index (χ0v) is 18.9. The molecule has 1 amide bonds. The molecule has 6 heteroatoms. The minimum atomic E-state index is -3.37. The van der Waals surface area contributed by atoms with Gasteiger partial charge in [0.1, 0.15) is 0 Å². The van der Waals surface area contributed by atoms with E-state index in [4.69, 9.17) is 0 Å². The average molecular weight is 429 g/mol. The van der Waals surface area contributed by atoms with Crippen LogP contribution < -0.4 is 5.32 Å². The molecule has 0 radical (unpaired) electrons. The summed E-state index contributed by atoms with van der Waals surface area (Å²) in [6, 6.07) is 17.7. The van der Waals surface area contributed by atoms with Crippen LogP contribution >= 0.6 is 0 Å². The van der Waals surface area contributed by atoms with Gasteiger partial charge in [0.25, 0.3) is 0 Å². The number of benzene rings is 2. The average Bonchev–Trinajstić information content (AvgIpc) is 2.70. The smallest absolute Gasteiger partial charge is 0.223 e. The molecule has 0 spiro atoms. The summed E-state index contributed by atoms with van der Waals surface area (Å²) < 4.78 is 27.1. The number of carbonyl (C=O) groups is 1. The molecule has 1 N–H and O–H groups in total. The highest BCUT2D eigenvalue weighted by atomic mass is 32.2. The Morgan fingerprint density at radius 1 is 1.00 bits per heavy atom. The molecule has 1 aliphatic rings. The molecule has 2 aromatic carbocycles. The Morgan fingerprint density at radius 3 is 2.20 bits per heavy atom. The van der Waals surface area contributed by atoms with Crippen LogP contribution in [-0.2, 0) is 27.0 Å². The van der Waals surface area contributed by atoms with Crippen molar-refractivity contribution >= 4 is 15.9 Å². The topological polar surface area (TPSA) is 66.5 Å². The molecule has 1 fully saturated rings. The zero-order chi connectivity index (χ0) is 21.8. The van der Waals surface area contributed by atoms with Crippen molar-refractivity contribution in [1.82, 2.24) is 9.62 Å². The van der Waals surface area contributed by atoms with Gasteiger partial charge in [0, 0.05) is 24.5 Å². The first kappa shape index (κ1) is 22.5. The molecule has 5 nitrogen and oxygen atoms in total. The van der Waals surface area contributed by atoms with Crippen LogP contribution in [0.1, 0.15) is 43.4 Å². The van der Waals surface area contributed by atoms with Crippen LogP contribution in [0.25, 0.3) is 0 Å². The Bertz CT molecular complexity index is 946. The molecule has 30 heavy (non-hydrogen) atoms. The van der Waals surface area contributed by atoms with E-state index in [9.17, 15) is 13.2 Å². The maximum absolute atomic E-state index is 12.8. The number of amides is 1. The molecule has 0 aromatic heterocycles. The fraction of sp³-hybridized carbons (Fsp3) is 0.458. The predicted octanol–water partition coefficient (Wildman–Crippen LogP) is 3.67. The third kappa shape index (κ3) is 6.16. The van der Waals surface area contributed by atoms with Crippen molar-refractivity contribution in [2.75, 3.05) is 13.1 Å². The van der Waals surface area contributed by atoms with Crippen molar-refractivity contribution in [2.45, 2.75) is 51.3 Å². The van der Waals surface area contributed by atoms with Crippen LogP contribution in [0.4, 0.5) is 0 Å². The van der Waals surface area contributed by atoms with Gasteiger partial charge in [-0.3, -0.25) is 4.79 Å². The van der Waals surface area contributed by atoms with E-state index in [2.05, 4.69) is 17.4 Å². The second-order valence-electron chi connectivity index (χ2n) is 8.95. The van der Waals surface area contributed by atoms with Crippen LogP contribution in [-0.4, -0.2) is 37.3 Å². The molecular weight excluding hydrogens is 396 g/mol. The molecule has 162 valence electrons. The van der Waals surface area contributed by atoms with E-state index in [1.54, 1.807) is 0 Å². The highest BCUT2D eigenvalue weighted by Crippen LogP contribution is 2.23. The van der Waals surface area contributed by atoms with Gasteiger partial charge in [-0.25, -0.2) is 12.7 Å². The third-order valence-electron chi connectivity index (χ3n) is 5.64. The molecule has 0 saturated carbocycles. The summed E-state index contributed by atoms with van der Waals surface area (Å²) >= 11 is 0. The molecule has 1 heterocycles. The highest BCUT2D eigenvalue weighted by Gasteiger charge is 2.33. The van der Waals surface area contributed by atoms with Crippen molar-refractivity contribution in [3.05, 3.63) is 71.3 Å². The number of sulfonamides is 1. The number of aryl methyl sites for hydroxylation is 1. The van der Waals surface area contributed by atoms with Gasteiger partial charge in [-0.1, -0.05) is 60.2 Å². The van der Waals surface area contributed by atoms with Crippen molar-refractivity contribution in [2.24, 2.45) is 5.92 Å². The first-order valence-electron chi connectivity index (χ1n) is 10.5. The maximum atomic E-state index is 12.8. The molecular formula is C24H32N2O3S. The summed E-state index contributed by atoms with van der Waals surface area (Å²) in [4.78, 5) is 12.8. The molecule has 1 saturated heterocycles. The van der Waals surface area contributed by atoms with Gasteiger partial charge in [-0.2, -0.15) is 0 Å². The lowest BCUT2D eigenvalue weighted by Crippen LogP contribution is -2.50. The number of hydrogen-bond acceptors (Lipinski definition) is 3. The fourth-order valence-corrected chi connectivity index (χ4v) is 5.53. The lowest BCUT2D eigenvalue weighted by Gasteiger charge is -2.33. The van der Waals surface area contributed by atoms with Crippen LogP contribution in [0.2, 0.25) is 0 Å². The maximum Gasteiger partial charge on any atom is 0.223 e. The molecule has 0 bridgehead atoms. The Hall–Kier alpha value is -2.18. The number of rotatable bonds is 7. The number of hydrogen-bond donors (Lipinski definition) is 1. The third-order valence-corrected chi connectivity index (χ3v) is 7.49. The molecule has 1 aliphatic heterocycles. The van der Waals surface area contributed by atoms with E-state index >= 15 is 0 Å². The molecule has 2 aromatic rings. The van der Waals surface area contributed by atoms with E-state index in [0.29, 0.717) is 25.9 Å². The quantitative estimate of drug-likeness (QED) is 0.732. The van der Waals surface area contributed by atoms with Gasteiger partial charge >= 0.3 is 0 Å². The molecule has 3 rings (SSSR count). The fourth-order valence-electron chi connectivity index (χ4n) is 3.97. The minimum absolute atomic E-state index is 0.00818. The zero-order valence-electron chi connectivity index (χ0n) is 18.1. The summed E-state index contributed by atoms with van der Waals surface area (Å²) in [5, 5.41) is 3.17. The van der Waals surface area contributed by atoms with E-state index in [-0.39, 0.29) is 23.1 Å². The van der Waals surface area contributed by atoms with E-state index in [1.807, 2.05) is 63.2 Å². The summed E-state index contributed by atoms with van der Waals surface area (Å²) in [5.74, 6) is -0.119. The summed E-state index contributed by atoms with van der Waals surface area (Å²) in [5.41, 5.74) is 2.73. The van der Waals surface area contributed by atoms with Gasteiger partial charge < -0.3 is 5.32 Å². The van der Waals surface area contributed by atoms with Crippen LogP contribution in [0.5, 0.6) is 0 Å². The standard InChI is InChI=1S/C24H32N2O3S/c1-19-9-11-21(12-10-19)18-30(28,29)26-15-13-22(14-16-26)23(27)25-24(2,3)17-20-7-5-4-6-8-20/h4-12,22H,13-18H2,1-3H3,(H,25,27). The lowest BCUT2D eigenvalue weighted by atomic mass is 9.91. The molecule has 0 unspecified atom stereocenters. The van der Waals surface area contributed by atoms with Crippen LogP contribution in [0.3, 0.4) is 0 Å². The largest absolute Gasteiger partial charge is 0.351 e. The molecule has 0 atom stereocenters. The Kier molecular flexibility index (Phi) is 6.98. The minimum Gasteiger partial charge on any atom is -0.351 e. The Morgan fingerprint density at radius 2 is 1.60 bits per heavy atom. The first-order chi connectivity index (χ1) is 14.1. The van der Waals surface area contributed by atoms with Gasteiger partial charge in [-0.05, 0) is 51.2 Å². The Balaban J connectivity index is 1.52. The number of carbonyl (C=O) groups excluding carboxylic acids is 1. The predicted molar refractivity (Wildman–Crippen MR) is 120 cm³/mol. The first-order valence-corrected chi connectivity index (χ1v) is 12.1. The van der Waals surface area contributed by atoms with Crippen molar-refractivity contribution < 1.29 is 13.2 Å². The van der Waals surface area contributed by atoms with Gasteiger partial charge in [0.15, 0.2) is 0 Å². The highest BCUT2D eigenvalue weighted by molar-refractivity contribution is 7.88.